The molecule has 0 fully saturated rings. The van der Waals surface area contributed by atoms with Gasteiger partial charge in [-0.3, -0.25) is 0 Å². The van der Waals surface area contributed by atoms with E-state index in [9.17, 15) is 0 Å². The van der Waals surface area contributed by atoms with Gasteiger partial charge in [0.25, 0.3) is 0 Å². The number of hydrogen-bond acceptors (Lipinski definition) is 1. The Labute approximate surface area is 176 Å². The van der Waals surface area contributed by atoms with Crippen molar-refractivity contribution >= 4 is 26.7 Å². The van der Waals surface area contributed by atoms with Crippen LogP contribution in [0.4, 0.5) is 0 Å². The number of rotatable bonds is 17. The average Bonchev–Trinajstić information content (AvgIpc) is 2.59. The Morgan fingerprint density at radius 1 is 0.963 bits per heavy atom. The van der Waals surface area contributed by atoms with Crippen LogP contribution in [0.15, 0.2) is 37.0 Å². The molecule has 0 rings (SSSR count). The second-order valence-corrected chi connectivity index (χ2v) is 27.6. The van der Waals surface area contributed by atoms with Crippen molar-refractivity contribution in [1.82, 2.24) is 0 Å². The standard InChI is InChI=1S/C12H21OSi.3C4H9.Sn/c1-7-8-9-12(10-11(2)3)13-14(4,5)6;3*1-3-4-2;/h7-9,12H,1-3,10H2,4-6H3;3*1,3-4H2,2H3;/b9-8+;;;;/t12-;;;;/m0..../s1. The minimum absolute atomic E-state index is 0.176. The summed E-state index contributed by atoms with van der Waals surface area (Å²) in [6.07, 6.45) is 15.6. The molecule has 1 atom stereocenters. The van der Waals surface area contributed by atoms with Gasteiger partial charge < -0.3 is 0 Å². The van der Waals surface area contributed by atoms with E-state index in [2.05, 4.69) is 59.6 Å². The number of allylic oxidation sites excluding steroid dienone is 2. The zero-order valence-electron chi connectivity index (χ0n) is 19.4. The summed E-state index contributed by atoms with van der Waals surface area (Å²) >= 11 is -2.14. The second kappa shape index (κ2) is 15.1. The Balaban J connectivity index is 5.22. The molecule has 0 bridgehead atoms. The van der Waals surface area contributed by atoms with E-state index in [-0.39, 0.29) is 6.10 Å². The molecule has 1 nitrogen and oxygen atoms in total. The fourth-order valence-corrected chi connectivity index (χ4v) is 21.6. The van der Waals surface area contributed by atoms with Crippen LogP contribution in [0.5, 0.6) is 0 Å². The third-order valence-electron chi connectivity index (χ3n) is 5.26. The molecule has 158 valence electrons. The molecule has 0 aliphatic rings. The van der Waals surface area contributed by atoms with Crippen molar-refractivity contribution in [2.75, 3.05) is 0 Å². The van der Waals surface area contributed by atoms with Gasteiger partial charge in [-0.2, -0.15) is 0 Å². The van der Waals surface area contributed by atoms with Crippen LogP contribution in [-0.4, -0.2) is 32.8 Å². The van der Waals surface area contributed by atoms with Gasteiger partial charge in [0.15, 0.2) is 0 Å². The van der Waals surface area contributed by atoms with Crippen LogP contribution in [0.1, 0.15) is 65.7 Å². The molecular weight excluding hydrogens is 451 g/mol. The van der Waals surface area contributed by atoms with Gasteiger partial charge >= 0.3 is 177 Å². The second-order valence-electron chi connectivity index (χ2n) is 9.33. The van der Waals surface area contributed by atoms with Crippen molar-refractivity contribution < 1.29 is 4.43 Å². The normalized spacial score (nSPS) is 13.9. The van der Waals surface area contributed by atoms with Crippen LogP contribution in [-0.2, 0) is 4.43 Å². The maximum atomic E-state index is 6.44. The van der Waals surface area contributed by atoms with Crippen molar-refractivity contribution in [3.05, 3.63) is 37.0 Å². The van der Waals surface area contributed by atoms with Gasteiger partial charge in [0.1, 0.15) is 0 Å². The van der Waals surface area contributed by atoms with E-state index in [4.69, 9.17) is 4.43 Å². The van der Waals surface area contributed by atoms with Gasteiger partial charge in [0.2, 0.25) is 0 Å². The summed E-state index contributed by atoms with van der Waals surface area (Å²) in [5.41, 5.74) is 1.46. The van der Waals surface area contributed by atoms with Crippen molar-refractivity contribution in [2.45, 2.75) is 109 Å². The Kier molecular flexibility index (Phi) is 15.2. The summed E-state index contributed by atoms with van der Waals surface area (Å²) in [5, 5.41) is 0. The molecule has 0 aliphatic heterocycles. The third-order valence-corrected chi connectivity index (χ3v) is 22.0. The van der Waals surface area contributed by atoms with Crippen molar-refractivity contribution in [2.24, 2.45) is 0 Å². The summed E-state index contributed by atoms with van der Waals surface area (Å²) in [6, 6.07) is 0. The molecule has 3 heteroatoms. The monoisotopic (exact) mass is 500 g/mol. The molecule has 27 heavy (non-hydrogen) atoms. The van der Waals surface area contributed by atoms with Gasteiger partial charge in [-0.15, -0.1) is 0 Å². The number of hydrogen-bond donors (Lipinski definition) is 0. The molecule has 0 saturated heterocycles. The maximum absolute atomic E-state index is 6.44. The van der Waals surface area contributed by atoms with Gasteiger partial charge in [-0.25, -0.2) is 0 Å². The summed E-state index contributed by atoms with van der Waals surface area (Å²) < 4.78 is 12.5. The summed E-state index contributed by atoms with van der Waals surface area (Å²) in [4.78, 5) is 0. The first-order valence-corrected chi connectivity index (χ1v) is 22.8. The van der Waals surface area contributed by atoms with Crippen LogP contribution < -0.4 is 0 Å². The molecule has 0 heterocycles. The molecule has 0 aliphatic carbocycles. The van der Waals surface area contributed by atoms with E-state index in [1.165, 1.54) is 48.5 Å². The molecule has 0 saturated carbocycles. The molecule has 0 aromatic carbocycles. The summed E-state index contributed by atoms with van der Waals surface area (Å²) in [5.74, 6) is 0. The molecule has 0 N–H and O–H groups in total. The fourth-order valence-electron chi connectivity index (χ4n) is 3.99. The zero-order chi connectivity index (χ0) is 20.8. The number of unbranched alkanes of at least 4 members (excludes halogenated alkanes) is 3. The van der Waals surface area contributed by atoms with Crippen LogP contribution in [0.25, 0.3) is 0 Å². The Morgan fingerprint density at radius 2 is 1.44 bits per heavy atom. The molecule has 0 amide bonds. The first kappa shape index (κ1) is 27.2. The van der Waals surface area contributed by atoms with Gasteiger partial charge in [-0.05, 0) is 0 Å². The molecular formula is C24H48OSiSn. The van der Waals surface area contributed by atoms with Crippen LogP contribution in [0.2, 0.25) is 37.4 Å². The Bertz CT molecular complexity index is 414. The summed E-state index contributed by atoms with van der Waals surface area (Å²) in [7, 11) is -1.57. The van der Waals surface area contributed by atoms with Gasteiger partial charge in [0.05, 0.1) is 0 Å². The van der Waals surface area contributed by atoms with E-state index in [1.807, 2.05) is 12.2 Å². The van der Waals surface area contributed by atoms with Crippen LogP contribution >= 0.6 is 0 Å². The van der Waals surface area contributed by atoms with Gasteiger partial charge in [-0.1, -0.05) is 0 Å². The first-order chi connectivity index (χ1) is 12.7. The van der Waals surface area contributed by atoms with Crippen molar-refractivity contribution in [3.63, 3.8) is 0 Å². The van der Waals surface area contributed by atoms with Crippen molar-refractivity contribution in [1.29, 1.82) is 0 Å². The Hall–Kier alpha value is 0.196. The van der Waals surface area contributed by atoms with E-state index >= 15 is 0 Å². The molecule has 0 spiro atoms. The van der Waals surface area contributed by atoms with Crippen molar-refractivity contribution in [3.8, 4) is 0 Å². The molecule has 0 aromatic rings. The quantitative estimate of drug-likeness (QED) is 0.110. The first-order valence-electron chi connectivity index (χ1n) is 11.4. The van der Waals surface area contributed by atoms with E-state index in [1.54, 1.807) is 13.3 Å². The Morgan fingerprint density at radius 3 is 1.81 bits per heavy atom. The summed E-state index contributed by atoms with van der Waals surface area (Å²) in [6.45, 7) is 22.3. The molecule has 0 aromatic heterocycles. The molecule has 0 radical (unpaired) electrons. The average molecular weight is 499 g/mol. The topological polar surface area (TPSA) is 9.23 Å². The van der Waals surface area contributed by atoms with Crippen LogP contribution in [0.3, 0.4) is 0 Å². The predicted molar refractivity (Wildman–Crippen MR) is 131 cm³/mol. The third kappa shape index (κ3) is 13.9. The SMILES string of the molecule is C=C/C=C/[C@@H](CC(=C)[CH2][Sn]([CH2]CCC)([CH2]CCC)[CH2]CCC)O[Si](C)(C)C. The predicted octanol–water partition coefficient (Wildman–Crippen LogP) is 8.74. The fraction of sp³-hybridized carbons (Fsp3) is 0.750. The molecule has 0 unspecified atom stereocenters. The van der Waals surface area contributed by atoms with E-state index < -0.39 is 26.7 Å². The van der Waals surface area contributed by atoms with E-state index in [0.717, 1.165) is 6.42 Å². The van der Waals surface area contributed by atoms with Gasteiger partial charge in [0, 0.05) is 0 Å². The minimum atomic E-state index is -2.14. The van der Waals surface area contributed by atoms with Crippen LogP contribution in [0, 0.1) is 0 Å². The zero-order valence-corrected chi connectivity index (χ0v) is 23.3. The van der Waals surface area contributed by atoms with E-state index in [0.29, 0.717) is 0 Å².